The van der Waals surface area contributed by atoms with E-state index in [0.717, 1.165) is 18.4 Å². The molecule has 2 nitrogen and oxygen atoms in total. The van der Waals surface area contributed by atoms with Crippen LogP contribution in [0, 0.1) is 5.92 Å². The molecule has 0 N–H and O–H groups in total. The Bertz CT molecular complexity index is 348. The summed E-state index contributed by atoms with van der Waals surface area (Å²) < 4.78 is 5.06. The summed E-state index contributed by atoms with van der Waals surface area (Å²) in [5.41, 5.74) is 2.45. The predicted octanol–water partition coefficient (Wildman–Crippen LogP) is 4.60. The molecule has 18 heavy (non-hydrogen) atoms. The van der Waals surface area contributed by atoms with E-state index in [2.05, 4.69) is 19.9 Å². The Labute approximate surface area is 116 Å². The molecule has 0 amide bonds. The molecule has 0 aliphatic rings. The van der Waals surface area contributed by atoms with Crippen LogP contribution in [0.5, 0.6) is 0 Å². The molecule has 3 heteroatoms. The number of carbonyl (C=O) groups is 1. The number of carbonyl (C=O) groups excluding carboxylic acids is 1. The Balaban J connectivity index is 4.12. The van der Waals surface area contributed by atoms with E-state index in [4.69, 9.17) is 17.0 Å². The fourth-order valence-corrected chi connectivity index (χ4v) is 1.67. The number of hydrogen-bond acceptors (Lipinski definition) is 3. The van der Waals surface area contributed by atoms with Crippen molar-refractivity contribution in [2.75, 3.05) is 0 Å². The SMILES string of the molecule is CC(C)=CCCC(C)=CC(=S)OC(=O)CC(C)C. The highest BCUT2D eigenvalue weighted by atomic mass is 32.1. The average molecular weight is 268 g/mol. The Kier molecular flexibility index (Phi) is 8.55. The second-order valence-electron chi connectivity index (χ2n) is 5.20. The first kappa shape index (κ1) is 17.0. The number of ether oxygens (including phenoxy) is 1. The summed E-state index contributed by atoms with van der Waals surface area (Å²) in [5.74, 6) is 0.0476. The second kappa shape index (κ2) is 9.03. The van der Waals surface area contributed by atoms with Gasteiger partial charge in [0.1, 0.15) is 0 Å². The Morgan fingerprint density at radius 2 is 1.89 bits per heavy atom. The van der Waals surface area contributed by atoms with Crippen LogP contribution in [-0.4, -0.2) is 11.0 Å². The van der Waals surface area contributed by atoms with Gasteiger partial charge in [0.05, 0.1) is 0 Å². The van der Waals surface area contributed by atoms with E-state index in [1.165, 1.54) is 5.57 Å². The fraction of sp³-hybridized carbons (Fsp3) is 0.600. The van der Waals surface area contributed by atoms with Crippen molar-refractivity contribution < 1.29 is 9.53 Å². The first-order chi connectivity index (χ1) is 8.31. The molecule has 0 spiro atoms. The van der Waals surface area contributed by atoms with Crippen LogP contribution in [0.25, 0.3) is 0 Å². The van der Waals surface area contributed by atoms with Gasteiger partial charge in [-0.2, -0.15) is 0 Å². The maximum atomic E-state index is 11.4. The van der Waals surface area contributed by atoms with Gasteiger partial charge in [-0.25, -0.2) is 0 Å². The molecule has 0 saturated heterocycles. The van der Waals surface area contributed by atoms with Crippen LogP contribution in [0.15, 0.2) is 23.3 Å². The third-order valence-electron chi connectivity index (χ3n) is 2.24. The number of rotatable bonds is 6. The van der Waals surface area contributed by atoms with Crippen LogP contribution >= 0.6 is 12.2 Å². The molecule has 0 bridgehead atoms. The van der Waals surface area contributed by atoms with Crippen molar-refractivity contribution in [3.63, 3.8) is 0 Å². The number of allylic oxidation sites excluding steroid dienone is 3. The maximum absolute atomic E-state index is 11.4. The molecule has 0 aliphatic heterocycles. The van der Waals surface area contributed by atoms with Crippen molar-refractivity contribution in [2.24, 2.45) is 5.92 Å². The molecule has 0 rings (SSSR count). The summed E-state index contributed by atoms with van der Waals surface area (Å²) in [6, 6.07) is 0. The number of esters is 1. The molecular formula is C15H24O2S. The molecule has 0 saturated carbocycles. The quantitative estimate of drug-likeness (QED) is 0.305. The Hall–Kier alpha value is -0.960. The minimum Gasteiger partial charge on any atom is -0.415 e. The lowest BCUT2D eigenvalue weighted by Gasteiger charge is -2.05. The smallest absolute Gasteiger partial charge is 0.312 e. The monoisotopic (exact) mass is 268 g/mol. The van der Waals surface area contributed by atoms with E-state index in [-0.39, 0.29) is 11.0 Å². The van der Waals surface area contributed by atoms with Gasteiger partial charge >= 0.3 is 5.97 Å². The van der Waals surface area contributed by atoms with E-state index in [1.807, 2.05) is 20.8 Å². The Morgan fingerprint density at radius 3 is 2.39 bits per heavy atom. The van der Waals surface area contributed by atoms with Gasteiger partial charge in [-0.1, -0.05) is 31.1 Å². The minimum atomic E-state index is -0.247. The zero-order valence-corrected chi connectivity index (χ0v) is 12.9. The maximum Gasteiger partial charge on any atom is 0.312 e. The Morgan fingerprint density at radius 1 is 1.28 bits per heavy atom. The van der Waals surface area contributed by atoms with E-state index in [1.54, 1.807) is 6.08 Å². The van der Waals surface area contributed by atoms with Crippen molar-refractivity contribution in [3.8, 4) is 0 Å². The van der Waals surface area contributed by atoms with E-state index >= 15 is 0 Å². The molecule has 102 valence electrons. The summed E-state index contributed by atoms with van der Waals surface area (Å²) in [7, 11) is 0. The van der Waals surface area contributed by atoms with Crippen molar-refractivity contribution in [2.45, 2.75) is 53.9 Å². The van der Waals surface area contributed by atoms with Gasteiger partial charge in [0.15, 0.2) is 5.05 Å². The zero-order valence-electron chi connectivity index (χ0n) is 12.1. The van der Waals surface area contributed by atoms with E-state index in [9.17, 15) is 4.79 Å². The van der Waals surface area contributed by atoms with Gasteiger partial charge < -0.3 is 4.74 Å². The molecule has 0 atom stereocenters. The van der Waals surface area contributed by atoms with Crippen molar-refractivity contribution in [1.82, 2.24) is 0 Å². The summed E-state index contributed by atoms with van der Waals surface area (Å²) in [4.78, 5) is 11.4. The largest absolute Gasteiger partial charge is 0.415 e. The van der Waals surface area contributed by atoms with E-state index < -0.39 is 0 Å². The topological polar surface area (TPSA) is 26.3 Å². The molecule has 0 aromatic rings. The molecule has 0 aliphatic carbocycles. The average Bonchev–Trinajstić information content (AvgIpc) is 2.14. The van der Waals surface area contributed by atoms with Crippen LogP contribution < -0.4 is 0 Å². The van der Waals surface area contributed by atoms with Gasteiger partial charge in [0, 0.05) is 6.42 Å². The van der Waals surface area contributed by atoms with Crippen LogP contribution in [-0.2, 0) is 9.53 Å². The highest BCUT2D eigenvalue weighted by Gasteiger charge is 2.08. The molecule has 0 unspecified atom stereocenters. The molecule has 0 fully saturated rings. The van der Waals surface area contributed by atoms with Crippen molar-refractivity contribution in [1.29, 1.82) is 0 Å². The summed E-state index contributed by atoms with van der Waals surface area (Å²) >= 11 is 5.03. The summed E-state index contributed by atoms with van der Waals surface area (Å²) in [5, 5.41) is 0.273. The van der Waals surface area contributed by atoms with Crippen LogP contribution in [0.2, 0.25) is 0 Å². The lowest BCUT2D eigenvalue weighted by atomic mass is 10.1. The van der Waals surface area contributed by atoms with E-state index in [0.29, 0.717) is 12.3 Å². The van der Waals surface area contributed by atoms with Crippen molar-refractivity contribution >= 4 is 23.2 Å². The third kappa shape index (κ3) is 10.2. The van der Waals surface area contributed by atoms with Gasteiger partial charge in [0.2, 0.25) is 0 Å². The lowest BCUT2D eigenvalue weighted by molar-refractivity contribution is -0.136. The van der Waals surface area contributed by atoms with Crippen LogP contribution in [0.3, 0.4) is 0 Å². The molecule has 0 aromatic carbocycles. The molecule has 0 radical (unpaired) electrons. The number of thiocarbonyl (C=S) groups is 1. The fourth-order valence-electron chi connectivity index (χ4n) is 1.38. The first-order valence-electron chi connectivity index (χ1n) is 6.36. The zero-order chi connectivity index (χ0) is 14.1. The highest BCUT2D eigenvalue weighted by molar-refractivity contribution is 7.80. The van der Waals surface area contributed by atoms with Crippen LogP contribution in [0.1, 0.15) is 53.9 Å². The molecular weight excluding hydrogens is 244 g/mol. The van der Waals surface area contributed by atoms with Crippen LogP contribution in [0.4, 0.5) is 0 Å². The summed E-state index contributed by atoms with van der Waals surface area (Å²) in [6.07, 6.45) is 6.29. The van der Waals surface area contributed by atoms with Gasteiger partial charge in [-0.05, 0) is 57.8 Å². The van der Waals surface area contributed by atoms with Gasteiger partial charge in [-0.3, -0.25) is 4.79 Å². The second-order valence-corrected chi connectivity index (χ2v) is 5.60. The first-order valence-corrected chi connectivity index (χ1v) is 6.77. The third-order valence-corrected chi connectivity index (χ3v) is 2.45. The standard InChI is InChI=1S/C15H24O2S/c1-11(2)7-6-8-13(5)10-15(18)17-14(16)9-12(3)4/h7,10,12H,6,8-9H2,1-5H3. The molecule has 0 heterocycles. The normalized spacial score (nSPS) is 11.3. The summed E-state index contributed by atoms with van der Waals surface area (Å²) in [6.45, 7) is 10.1. The van der Waals surface area contributed by atoms with Crippen molar-refractivity contribution in [3.05, 3.63) is 23.3 Å². The number of hydrogen-bond donors (Lipinski definition) is 0. The lowest BCUT2D eigenvalue weighted by Crippen LogP contribution is -2.11. The van der Waals surface area contributed by atoms with Gasteiger partial charge in [0.25, 0.3) is 0 Å². The van der Waals surface area contributed by atoms with Gasteiger partial charge in [-0.15, -0.1) is 0 Å². The highest BCUT2D eigenvalue weighted by Crippen LogP contribution is 2.08. The molecule has 0 aromatic heterocycles. The minimum absolute atomic E-state index is 0.247. The predicted molar refractivity (Wildman–Crippen MR) is 80.6 cm³/mol.